The van der Waals surface area contributed by atoms with Crippen LogP contribution in [0.2, 0.25) is 0 Å². The molecule has 5 N–H and O–H groups in total. The lowest BCUT2D eigenvalue weighted by Gasteiger charge is -2.30. The van der Waals surface area contributed by atoms with Crippen LogP contribution in [0.5, 0.6) is 0 Å². The van der Waals surface area contributed by atoms with Gasteiger partial charge in [-0.2, -0.15) is 0 Å². The summed E-state index contributed by atoms with van der Waals surface area (Å²) in [6.07, 6.45) is 0.512. The van der Waals surface area contributed by atoms with Crippen molar-refractivity contribution in [2.45, 2.75) is 118 Å². The number of anilines is 2. The summed E-state index contributed by atoms with van der Waals surface area (Å²) < 4.78 is 21.1. The molecule has 1 heterocycles. The van der Waals surface area contributed by atoms with E-state index < -0.39 is 46.8 Å². The highest BCUT2D eigenvalue weighted by Crippen LogP contribution is 2.24. The number of aliphatic imine (C=N–C) groups is 2. The van der Waals surface area contributed by atoms with Crippen molar-refractivity contribution >= 4 is 65.4 Å². The van der Waals surface area contributed by atoms with Crippen LogP contribution in [0.25, 0.3) is 5.57 Å². The Morgan fingerprint density at radius 3 is 1.58 bits per heavy atom. The number of guanidine groups is 2. The van der Waals surface area contributed by atoms with E-state index in [0.717, 1.165) is 23.2 Å². The molecule has 0 aromatic heterocycles. The second-order valence-electron chi connectivity index (χ2n) is 19.1. The van der Waals surface area contributed by atoms with Gasteiger partial charge in [-0.1, -0.05) is 42.5 Å². The Morgan fingerprint density at radius 2 is 1.13 bits per heavy atom. The number of hydrogen-bond donors (Lipinski definition) is 5. The molecule has 0 bridgehead atoms. The summed E-state index contributed by atoms with van der Waals surface area (Å²) in [6.45, 7) is 22.1. The predicted molar refractivity (Wildman–Crippen MR) is 259 cm³/mol. The highest BCUT2D eigenvalue weighted by atomic mass is 16.6. The fourth-order valence-corrected chi connectivity index (χ4v) is 5.61. The van der Waals surface area contributed by atoms with Gasteiger partial charge in [0.1, 0.15) is 28.7 Å². The maximum atomic E-state index is 12.4. The van der Waals surface area contributed by atoms with Crippen LogP contribution in [0, 0.1) is 0 Å². The van der Waals surface area contributed by atoms with Crippen molar-refractivity contribution < 1.29 is 47.7 Å². The van der Waals surface area contributed by atoms with E-state index in [9.17, 15) is 28.8 Å². The number of benzene rings is 3. The first-order valence-corrected chi connectivity index (χ1v) is 21.6. The first kappa shape index (κ1) is 54.1. The van der Waals surface area contributed by atoms with Crippen LogP contribution in [0.1, 0.15) is 121 Å². The van der Waals surface area contributed by atoms with Gasteiger partial charge >= 0.3 is 24.4 Å². The number of rotatable bonds is 7. The van der Waals surface area contributed by atoms with Crippen molar-refractivity contribution in [2.24, 2.45) is 9.98 Å². The highest BCUT2D eigenvalue weighted by molar-refractivity contribution is 6.04. The van der Waals surface area contributed by atoms with Gasteiger partial charge < -0.3 is 34.5 Å². The molecular weight excluding hydrogens is 861 g/mol. The number of amides is 5. The van der Waals surface area contributed by atoms with Gasteiger partial charge in [0.25, 0.3) is 5.91 Å². The van der Waals surface area contributed by atoms with Crippen LogP contribution in [0.4, 0.5) is 30.6 Å². The molecule has 5 amide bonds. The number of alkyl carbamates (subject to hydrolysis) is 3. The number of hydrogen-bond acceptors (Lipinski definition) is 12. The third kappa shape index (κ3) is 21.5. The number of ether oxygens (including phenoxy) is 4. The number of carbonyl (C=O) groups is 6. The van der Waals surface area contributed by atoms with Crippen molar-refractivity contribution in [2.75, 3.05) is 30.8 Å². The minimum absolute atomic E-state index is 0.113. The molecule has 0 atom stereocenters. The molecule has 18 nitrogen and oxygen atoms in total. The van der Waals surface area contributed by atoms with E-state index in [1.54, 1.807) is 132 Å². The molecule has 362 valence electrons. The third-order valence-electron chi connectivity index (χ3n) is 8.44. The SMILES string of the molecule is CC(C)(C)OC(=O)NC(=NCc1ccc(NC(=O)c2ccc(C=O)cc2)cc1)NC(=O)OC(C)(C)C.CNc1ccc(C2=CCN(/C(=N\C(=O)OC(C)(C)C)NC(=O)OC(C)(C)C)CC2)cc1. The smallest absolute Gasteiger partial charge is 0.437 e. The van der Waals surface area contributed by atoms with Gasteiger partial charge in [-0.05, 0) is 143 Å². The minimum Gasteiger partial charge on any atom is -0.444 e. The third-order valence-corrected chi connectivity index (χ3v) is 8.44. The zero-order chi connectivity index (χ0) is 50.2. The van der Waals surface area contributed by atoms with Crippen LogP contribution < -0.4 is 26.6 Å². The van der Waals surface area contributed by atoms with Gasteiger partial charge in [0.15, 0.2) is 0 Å². The number of carbonyl (C=O) groups excluding carboxylic acids is 6. The standard InChI is InChI=1S/C26H32N4O6.C23H34N4O4/c1-25(2,3)35-23(33)29-22(30-24(34)36-26(4,5)6)27-15-17-9-13-20(14-10-17)28-21(32)19-11-7-18(16-31)8-12-19;1-22(2,3)30-20(28)25-19(26-21(29)31-23(4,5)6)27-14-12-17(13-15-27)16-8-10-18(24-7)11-9-16/h7-14,16H,15H2,1-6H3,(H,28,32)(H2,27,29,30,33,34);8-12,24H,13-15H2,1-7H3,(H,25,26,28,29). The first-order chi connectivity index (χ1) is 31.1. The van der Waals surface area contributed by atoms with Gasteiger partial charge in [-0.15, -0.1) is 4.99 Å². The molecule has 1 aliphatic heterocycles. The second-order valence-corrected chi connectivity index (χ2v) is 19.1. The van der Waals surface area contributed by atoms with E-state index in [-0.39, 0.29) is 24.4 Å². The molecule has 3 aromatic rings. The van der Waals surface area contributed by atoms with Crippen molar-refractivity contribution in [3.05, 3.63) is 101 Å². The van der Waals surface area contributed by atoms with E-state index >= 15 is 0 Å². The molecule has 0 radical (unpaired) electrons. The zero-order valence-electron chi connectivity index (χ0n) is 40.8. The molecule has 0 aliphatic carbocycles. The van der Waals surface area contributed by atoms with E-state index in [4.69, 9.17) is 18.9 Å². The molecule has 0 saturated carbocycles. The molecule has 0 unspecified atom stereocenters. The molecule has 3 aromatic carbocycles. The van der Waals surface area contributed by atoms with Gasteiger partial charge in [0.2, 0.25) is 11.9 Å². The van der Waals surface area contributed by atoms with Crippen LogP contribution in [0.3, 0.4) is 0 Å². The minimum atomic E-state index is -0.781. The summed E-state index contributed by atoms with van der Waals surface area (Å²) in [7, 11) is 1.88. The number of nitrogens with zero attached hydrogens (tertiary/aromatic N) is 3. The Balaban J connectivity index is 0.000000359. The van der Waals surface area contributed by atoms with Crippen LogP contribution in [0.15, 0.2) is 88.9 Å². The van der Waals surface area contributed by atoms with Gasteiger partial charge in [-0.25, -0.2) is 24.2 Å². The zero-order valence-corrected chi connectivity index (χ0v) is 40.8. The summed E-state index contributed by atoms with van der Waals surface area (Å²) in [5.41, 5.74) is 2.77. The van der Waals surface area contributed by atoms with E-state index in [0.29, 0.717) is 36.2 Å². The molecule has 0 saturated heterocycles. The highest BCUT2D eigenvalue weighted by Gasteiger charge is 2.25. The normalized spacial score (nSPS) is 12.9. The molecule has 67 heavy (non-hydrogen) atoms. The maximum absolute atomic E-state index is 12.4. The predicted octanol–water partition coefficient (Wildman–Crippen LogP) is 9.29. The fraction of sp³-hybridized carbons (Fsp3) is 0.429. The van der Waals surface area contributed by atoms with Crippen LogP contribution in [-0.2, 0) is 25.5 Å². The Bertz CT molecular complexity index is 2250. The summed E-state index contributed by atoms with van der Waals surface area (Å²) in [6, 6.07) is 21.4. The second kappa shape index (κ2) is 23.8. The average molecular weight is 927 g/mol. The average Bonchev–Trinajstić information content (AvgIpc) is 3.20. The largest absolute Gasteiger partial charge is 0.444 e. The number of nitrogens with one attached hydrogen (secondary N) is 5. The fourth-order valence-electron chi connectivity index (χ4n) is 5.61. The van der Waals surface area contributed by atoms with E-state index in [1.165, 1.54) is 5.57 Å². The summed E-state index contributed by atoms with van der Waals surface area (Å²) in [5, 5.41) is 13.3. The first-order valence-electron chi connectivity index (χ1n) is 21.6. The Kier molecular flexibility index (Phi) is 19.2. The molecule has 4 rings (SSSR count). The van der Waals surface area contributed by atoms with E-state index in [2.05, 4.69) is 54.8 Å². The molecule has 0 spiro atoms. The summed E-state index contributed by atoms with van der Waals surface area (Å²) in [5.74, 6) is -0.331. The summed E-state index contributed by atoms with van der Waals surface area (Å²) >= 11 is 0. The van der Waals surface area contributed by atoms with Crippen molar-refractivity contribution in [1.82, 2.24) is 20.9 Å². The van der Waals surface area contributed by atoms with Crippen LogP contribution in [-0.4, -0.2) is 95.9 Å². The van der Waals surface area contributed by atoms with Gasteiger partial charge in [-0.3, -0.25) is 25.5 Å². The lowest BCUT2D eigenvalue weighted by Crippen LogP contribution is -2.48. The topological polar surface area (TPSA) is 227 Å². The molecule has 0 fully saturated rings. The van der Waals surface area contributed by atoms with E-state index in [1.807, 2.05) is 24.1 Å². The molecular formula is C49H66N8O10. The van der Waals surface area contributed by atoms with Gasteiger partial charge in [0.05, 0.1) is 6.54 Å². The van der Waals surface area contributed by atoms with Crippen LogP contribution >= 0.6 is 0 Å². The number of aldehydes is 1. The Morgan fingerprint density at radius 1 is 0.642 bits per heavy atom. The maximum Gasteiger partial charge on any atom is 0.437 e. The lowest BCUT2D eigenvalue weighted by molar-refractivity contribution is 0.0528. The van der Waals surface area contributed by atoms with Crippen molar-refractivity contribution in [3.8, 4) is 0 Å². The van der Waals surface area contributed by atoms with Crippen molar-refractivity contribution in [1.29, 1.82) is 0 Å². The summed E-state index contributed by atoms with van der Waals surface area (Å²) in [4.78, 5) is 82.2. The van der Waals surface area contributed by atoms with Gasteiger partial charge in [0, 0.05) is 42.6 Å². The Hall–Kier alpha value is -7.24. The molecule has 18 heteroatoms. The Labute approximate surface area is 393 Å². The van der Waals surface area contributed by atoms with Crippen molar-refractivity contribution in [3.63, 3.8) is 0 Å². The lowest BCUT2D eigenvalue weighted by atomic mass is 9.99. The molecule has 1 aliphatic rings. The monoisotopic (exact) mass is 926 g/mol. The quantitative estimate of drug-likeness (QED) is 0.0647.